The van der Waals surface area contributed by atoms with Crippen LogP contribution in [0, 0.1) is 5.82 Å². The highest BCUT2D eigenvalue weighted by Gasteiger charge is 2.25. The molecule has 5 heteroatoms. The van der Waals surface area contributed by atoms with Crippen molar-refractivity contribution in [2.45, 2.75) is 18.9 Å². The molecule has 0 aliphatic heterocycles. The molecule has 1 atom stereocenters. The van der Waals surface area contributed by atoms with Gasteiger partial charge in [-0.15, -0.1) is 0 Å². The van der Waals surface area contributed by atoms with Gasteiger partial charge in [-0.1, -0.05) is 17.7 Å². The number of amides is 1. The minimum absolute atomic E-state index is 0.0683. The Hall–Kier alpha value is -2.07. The van der Waals surface area contributed by atoms with E-state index in [9.17, 15) is 14.3 Å². The Kier molecular flexibility index (Phi) is 3.55. The topological polar surface area (TPSA) is 49.3 Å². The Bertz CT molecular complexity index is 717. The van der Waals surface area contributed by atoms with Crippen LogP contribution in [0.25, 0.3) is 0 Å². The maximum Gasteiger partial charge on any atom is 0.255 e. The van der Waals surface area contributed by atoms with Crippen molar-refractivity contribution in [2.75, 3.05) is 0 Å². The van der Waals surface area contributed by atoms with E-state index in [0.29, 0.717) is 5.02 Å². The molecule has 0 fully saturated rings. The molecular weight excluding hydrogens is 293 g/mol. The second-order valence-corrected chi connectivity index (χ2v) is 5.51. The summed E-state index contributed by atoms with van der Waals surface area (Å²) in [5.74, 6) is -1.35. The van der Waals surface area contributed by atoms with Gasteiger partial charge >= 0.3 is 0 Å². The Morgan fingerprint density at radius 2 is 2.10 bits per heavy atom. The molecule has 0 saturated heterocycles. The average molecular weight is 306 g/mol. The zero-order valence-electron chi connectivity index (χ0n) is 11.1. The highest BCUT2D eigenvalue weighted by Crippen LogP contribution is 2.33. The van der Waals surface area contributed by atoms with Gasteiger partial charge in [0.25, 0.3) is 5.91 Å². The monoisotopic (exact) mass is 305 g/mol. The lowest BCUT2D eigenvalue weighted by atomic mass is 10.1. The van der Waals surface area contributed by atoms with Gasteiger partial charge in [0.2, 0.25) is 0 Å². The summed E-state index contributed by atoms with van der Waals surface area (Å²) >= 11 is 5.95. The molecule has 2 N–H and O–H groups in total. The number of hydrogen-bond donors (Lipinski definition) is 2. The third-order valence-corrected chi connectivity index (χ3v) is 3.93. The van der Waals surface area contributed by atoms with E-state index < -0.39 is 11.7 Å². The van der Waals surface area contributed by atoms with Crippen molar-refractivity contribution < 1.29 is 14.3 Å². The molecule has 0 aromatic heterocycles. The molecule has 3 rings (SSSR count). The second-order valence-electron chi connectivity index (χ2n) is 5.07. The summed E-state index contributed by atoms with van der Waals surface area (Å²) < 4.78 is 12.9. The molecule has 0 radical (unpaired) electrons. The molecule has 0 bridgehead atoms. The number of rotatable bonds is 2. The molecule has 0 unspecified atom stereocenters. The molecule has 0 saturated carbocycles. The third-order valence-electron chi connectivity index (χ3n) is 3.69. The van der Waals surface area contributed by atoms with Crippen molar-refractivity contribution >= 4 is 17.5 Å². The SMILES string of the molecule is O=C(N[C@@H]1CCc2cc(Cl)ccc21)c1ccc(F)cc1O. The normalized spacial score (nSPS) is 16.6. The van der Waals surface area contributed by atoms with E-state index in [1.165, 1.54) is 6.07 Å². The first-order valence-corrected chi connectivity index (χ1v) is 7.00. The molecule has 1 aliphatic carbocycles. The number of nitrogens with one attached hydrogen (secondary N) is 1. The lowest BCUT2D eigenvalue weighted by molar-refractivity contribution is 0.0934. The molecule has 0 spiro atoms. The molecule has 2 aromatic rings. The summed E-state index contributed by atoms with van der Waals surface area (Å²) in [4.78, 5) is 12.2. The maximum absolute atomic E-state index is 12.9. The van der Waals surface area contributed by atoms with Crippen molar-refractivity contribution in [2.24, 2.45) is 0 Å². The minimum atomic E-state index is -0.579. The van der Waals surface area contributed by atoms with Gasteiger partial charge < -0.3 is 10.4 Å². The lowest BCUT2D eigenvalue weighted by Gasteiger charge is -2.15. The fourth-order valence-electron chi connectivity index (χ4n) is 2.67. The van der Waals surface area contributed by atoms with E-state index in [1.807, 2.05) is 12.1 Å². The van der Waals surface area contributed by atoms with Gasteiger partial charge in [0.1, 0.15) is 11.6 Å². The first kappa shape index (κ1) is 13.9. The standard InChI is InChI=1S/C16H13ClFNO2/c17-10-2-4-12-9(7-10)1-6-14(12)19-16(21)13-5-3-11(18)8-15(13)20/h2-5,7-8,14,20H,1,6H2,(H,19,21)/t14-/m1/s1. The summed E-state index contributed by atoms with van der Waals surface area (Å²) in [6, 6.07) is 8.83. The van der Waals surface area contributed by atoms with E-state index >= 15 is 0 Å². The van der Waals surface area contributed by atoms with Gasteiger partial charge in [-0.05, 0) is 48.2 Å². The van der Waals surface area contributed by atoms with Crippen LogP contribution in [0.3, 0.4) is 0 Å². The van der Waals surface area contributed by atoms with Crippen LogP contribution < -0.4 is 5.32 Å². The van der Waals surface area contributed by atoms with Crippen LogP contribution in [0.4, 0.5) is 4.39 Å². The summed E-state index contributed by atoms with van der Waals surface area (Å²) in [5.41, 5.74) is 2.23. The van der Waals surface area contributed by atoms with E-state index in [4.69, 9.17) is 11.6 Å². The van der Waals surface area contributed by atoms with Gasteiger partial charge in [-0.3, -0.25) is 4.79 Å². The number of aromatic hydroxyl groups is 1. The number of fused-ring (bicyclic) bond motifs is 1. The molecule has 0 heterocycles. The van der Waals surface area contributed by atoms with Crippen LogP contribution in [0.15, 0.2) is 36.4 Å². The first-order valence-electron chi connectivity index (χ1n) is 6.62. The van der Waals surface area contributed by atoms with Crippen LogP contribution >= 0.6 is 11.6 Å². The number of carbonyl (C=O) groups excluding carboxylic acids is 1. The van der Waals surface area contributed by atoms with Crippen molar-refractivity contribution in [3.8, 4) is 5.75 Å². The summed E-state index contributed by atoms with van der Waals surface area (Å²) in [5, 5.41) is 13.2. The van der Waals surface area contributed by atoms with Gasteiger partial charge in [0, 0.05) is 11.1 Å². The zero-order chi connectivity index (χ0) is 15.0. The number of benzene rings is 2. The molecular formula is C16H13ClFNO2. The third kappa shape index (κ3) is 2.72. The first-order chi connectivity index (χ1) is 10.0. The van der Waals surface area contributed by atoms with E-state index in [1.54, 1.807) is 6.07 Å². The van der Waals surface area contributed by atoms with Crippen molar-refractivity contribution in [3.63, 3.8) is 0 Å². The number of aryl methyl sites for hydroxylation is 1. The number of phenols is 1. The predicted molar refractivity (Wildman–Crippen MR) is 78.0 cm³/mol. The quantitative estimate of drug-likeness (QED) is 0.890. The van der Waals surface area contributed by atoms with Crippen LogP contribution in [0.2, 0.25) is 5.02 Å². The van der Waals surface area contributed by atoms with Gasteiger partial charge in [-0.2, -0.15) is 0 Å². The molecule has 2 aromatic carbocycles. The maximum atomic E-state index is 12.9. The number of hydrogen-bond acceptors (Lipinski definition) is 2. The summed E-state index contributed by atoms with van der Waals surface area (Å²) in [7, 11) is 0. The summed E-state index contributed by atoms with van der Waals surface area (Å²) in [6.07, 6.45) is 1.62. The van der Waals surface area contributed by atoms with Gasteiger partial charge in [0.05, 0.1) is 11.6 Å². The minimum Gasteiger partial charge on any atom is -0.507 e. The van der Waals surface area contributed by atoms with Crippen LogP contribution in [-0.2, 0) is 6.42 Å². The predicted octanol–water partition coefficient (Wildman–Crippen LogP) is 3.60. The number of phenolic OH excluding ortho intramolecular Hbond substituents is 1. The lowest BCUT2D eigenvalue weighted by Crippen LogP contribution is -2.27. The smallest absolute Gasteiger partial charge is 0.255 e. The largest absolute Gasteiger partial charge is 0.507 e. The van der Waals surface area contributed by atoms with Crippen LogP contribution in [0.1, 0.15) is 33.9 Å². The Morgan fingerprint density at radius 3 is 2.86 bits per heavy atom. The van der Waals surface area contributed by atoms with Crippen LogP contribution in [0.5, 0.6) is 5.75 Å². The van der Waals surface area contributed by atoms with E-state index in [-0.39, 0.29) is 17.4 Å². The second kappa shape index (κ2) is 5.37. The summed E-state index contributed by atoms with van der Waals surface area (Å²) in [6.45, 7) is 0. The van der Waals surface area contributed by atoms with E-state index in [0.717, 1.165) is 36.1 Å². The Morgan fingerprint density at radius 1 is 1.29 bits per heavy atom. The van der Waals surface area contributed by atoms with Crippen molar-refractivity contribution in [1.29, 1.82) is 0 Å². The molecule has 3 nitrogen and oxygen atoms in total. The van der Waals surface area contributed by atoms with Gasteiger partial charge in [0.15, 0.2) is 0 Å². The Labute approximate surface area is 126 Å². The van der Waals surface area contributed by atoms with Crippen LogP contribution in [-0.4, -0.2) is 11.0 Å². The number of carbonyl (C=O) groups is 1. The highest BCUT2D eigenvalue weighted by atomic mass is 35.5. The van der Waals surface area contributed by atoms with E-state index in [2.05, 4.69) is 5.32 Å². The van der Waals surface area contributed by atoms with Crippen molar-refractivity contribution in [3.05, 3.63) is 63.9 Å². The molecule has 1 aliphatic rings. The highest BCUT2D eigenvalue weighted by molar-refractivity contribution is 6.30. The Balaban J connectivity index is 1.81. The molecule has 1 amide bonds. The van der Waals surface area contributed by atoms with Crippen molar-refractivity contribution in [1.82, 2.24) is 5.32 Å². The fraction of sp³-hybridized carbons (Fsp3) is 0.188. The number of halogens is 2. The average Bonchev–Trinajstić information content (AvgIpc) is 2.80. The zero-order valence-corrected chi connectivity index (χ0v) is 11.8. The molecule has 21 heavy (non-hydrogen) atoms. The van der Waals surface area contributed by atoms with Gasteiger partial charge in [-0.25, -0.2) is 4.39 Å². The molecule has 108 valence electrons. The fourth-order valence-corrected chi connectivity index (χ4v) is 2.86.